The highest BCUT2D eigenvalue weighted by atomic mass is 19.4. The van der Waals surface area contributed by atoms with Crippen LogP contribution in [0.25, 0.3) is 0 Å². The zero-order valence-corrected chi connectivity index (χ0v) is 8.69. The molecule has 0 rings (SSSR count). The Bertz CT molecular complexity index is 166. The summed E-state index contributed by atoms with van der Waals surface area (Å²) in [5, 5.41) is 9.45. The lowest BCUT2D eigenvalue weighted by Crippen LogP contribution is -2.39. The highest BCUT2D eigenvalue weighted by Crippen LogP contribution is 2.26. The molecular weight excluding hydrogens is 197 g/mol. The first-order valence-corrected chi connectivity index (χ1v) is 4.58. The number of aliphatic hydroxyl groups excluding tert-OH is 1. The van der Waals surface area contributed by atoms with E-state index in [9.17, 15) is 18.3 Å². The average molecular weight is 214 g/mol. The topological polar surface area (TPSA) is 29.5 Å². The molecule has 0 aromatic heterocycles. The maximum absolute atomic E-state index is 11.8. The zero-order chi connectivity index (χ0) is 11.4. The molecule has 14 heavy (non-hydrogen) atoms. The lowest BCUT2D eigenvalue weighted by molar-refractivity contribution is -0.153. The molecule has 0 spiro atoms. The molecule has 0 amide bonds. The second kappa shape index (κ2) is 4.98. The predicted octanol–water partition coefficient (Wildman–Crippen LogP) is 2.50. The first-order valence-electron chi connectivity index (χ1n) is 4.58. The molecule has 0 radical (unpaired) electrons. The first kappa shape index (κ1) is 13.7. The van der Waals surface area contributed by atoms with E-state index >= 15 is 0 Å². The summed E-state index contributed by atoms with van der Waals surface area (Å²) in [5.74, 6) is 0. The number of ether oxygens (including phenoxy) is 1. The monoisotopic (exact) mass is 214 g/mol. The summed E-state index contributed by atoms with van der Waals surface area (Å²) in [5.41, 5.74) is -0.917. The van der Waals surface area contributed by atoms with Crippen LogP contribution in [0.4, 0.5) is 13.2 Å². The van der Waals surface area contributed by atoms with E-state index in [4.69, 9.17) is 4.74 Å². The van der Waals surface area contributed by atoms with Crippen molar-refractivity contribution in [2.45, 2.75) is 51.5 Å². The van der Waals surface area contributed by atoms with Gasteiger partial charge >= 0.3 is 6.18 Å². The Morgan fingerprint density at radius 2 is 1.79 bits per heavy atom. The summed E-state index contributed by atoms with van der Waals surface area (Å²) in [4.78, 5) is 0. The molecule has 0 aromatic carbocycles. The van der Waals surface area contributed by atoms with Gasteiger partial charge in [0.15, 0.2) is 0 Å². The molecule has 1 atom stereocenters. The third kappa shape index (κ3) is 5.44. The fraction of sp³-hybridized carbons (Fsp3) is 1.00. The Morgan fingerprint density at radius 1 is 1.29 bits per heavy atom. The van der Waals surface area contributed by atoms with E-state index < -0.39 is 24.3 Å². The molecule has 0 saturated carbocycles. The maximum Gasteiger partial charge on any atom is 0.389 e. The van der Waals surface area contributed by atoms with E-state index in [1.165, 1.54) is 0 Å². The minimum absolute atomic E-state index is 0.323. The summed E-state index contributed by atoms with van der Waals surface area (Å²) in [7, 11) is 0. The summed E-state index contributed by atoms with van der Waals surface area (Å²) >= 11 is 0. The predicted molar refractivity (Wildman–Crippen MR) is 47.0 cm³/mol. The third-order valence-electron chi connectivity index (χ3n) is 2.02. The van der Waals surface area contributed by atoms with Crippen molar-refractivity contribution in [2.75, 3.05) is 6.61 Å². The minimum Gasteiger partial charge on any atom is -0.390 e. The lowest BCUT2D eigenvalue weighted by Gasteiger charge is -2.30. The van der Waals surface area contributed by atoms with E-state index in [1.807, 2.05) is 0 Å². The van der Waals surface area contributed by atoms with Crippen molar-refractivity contribution in [3.63, 3.8) is 0 Å². The molecule has 0 bridgehead atoms. The lowest BCUT2D eigenvalue weighted by atomic mass is 9.97. The molecule has 0 fully saturated rings. The number of aliphatic hydroxyl groups is 1. The summed E-state index contributed by atoms with van der Waals surface area (Å²) in [6, 6.07) is 0. The second-order valence-corrected chi connectivity index (χ2v) is 3.71. The van der Waals surface area contributed by atoms with E-state index in [1.54, 1.807) is 20.8 Å². The molecule has 1 unspecified atom stereocenters. The highest BCUT2D eigenvalue weighted by Gasteiger charge is 2.33. The van der Waals surface area contributed by atoms with Gasteiger partial charge < -0.3 is 9.84 Å². The van der Waals surface area contributed by atoms with Gasteiger partial charge in [-0.25, -0.2) is 0 Å². The summed E-state index contributed by atoms with van der Waals surface area (Å²) in [6.07, 6.45) is -6.62. The van der Waals surface area contributed by atoms with Crippen molar-refractivity contribution < 1.29 is 23.0 Å². The van der Waals surface area contributed by atoms with Crippen LogP contribution in [-0.4, -0.2) is 29.6 Å². The Labute approximate surface area is 82.1 Å². The van der Waals surface area contributed by atoms with Gasteiger partial charge in [0.1, 0.15) is 0 Å². The van der Waals surface area contributed by atoms with Gasteiger partial charge in [-0.15, -0.1) is 0 Å². The van der Waals surface area contributed by atoms with Crippen molar-refractivity contribution in [2.24, 2.45) is 0 Å². The number of halogens is 3. The van der Waals surface area contributed by atoms with Crippen LogP contribution in [0.1, 0.15) is 33.6 Å². The van der Waals surface area contributed by atoms with Crippen LogP contribution in [0.5, 0.6) is 0 Å². The first-order chi connectivity index (χ1) is 6.19. The molecule has 0 heterocycles. The standard InChI is InChI=1S/C9H17F3O2/c1-4-14-8(2,3)7(13)5-6-9(10,11)12/h7,13H,4-6H2,1-3H3. The fourth-order valence-corrected chi connectivity index (χ4v) is 1.12. The van der Waals surface area contributed by atoms with Crippen LogP contribution in [0.2, 0.25) is 0 Å². The van der Waals surface area contributed by atoms with E-state index in [0.29, 0.717) is 6.61 Å². The fourth-order valence-electron chi connectivity index (χ4n) is 1.12. The van der Waals surface area contributed by atoms with Crippen molar-refractivity contribution >= 4 is 0 Å². The van der Waals surface area contributed by atoms with Crippen LogP contribution in [0, 0.1) is 0 Å². The van der Waals surface area contributed by atoms with Gasteiger partial charge in [0.2, 0.25) is 0 Å². The van der Waals surface area contributed by atoms with Gasteiger partial charge in [0.25, 0.3) is 0 Å². The number of rotatable bonds is 5. The van der Waals surface area contributed by atoms with E-state index in [2.05, 4.69) is 0 Å². The summed E-state index contributed by atoms with van der Waals surface area (Å²) in [6.45, 7) is 5.27. The van der Waals surface area contributed by atoms with Gasteiger partial charge in [-0.1, -0.05) is 0 Å². The SMILES string of the molecule is CCOC(C)(C)C(O)CCC(F)(F)F. The van der Waals surface area contributed by atoms with Gasteiger partial charge in [-0.2, -0.15) is 13.2 Å². The number of hydrogen-bond acceptors (Lipinski definition) is 2. The molecule has 5 heteroatoms. The number of hydrogen-bond donors (Lipinski definition) is 1. The quantitative estimate of drug-likeness (QED) is 0.762. The molecule has 2 nitrogen and oxygen atoms in total. The Balaban J connectivity index is 4.00. The van der Waals surface area contributed by atoms with Crippen molar-refractivity contribution in [1.29, 1.82) is 0 Å². The molecular formula is C9H17F3O2. The largest absolute Gasteiger partial charge is 0.390 e. The molecule has 0 aliphatic rings. The zero-order valence-electron chi connectivity index (χ0n) is 8.69. The maximum atomic E-state index is 11.8. The highest BCUT2D eigenvalue weighted by molar-refractivity contribution is 4.79. The Hall–Kier alpha value is -0.290. The van der Waals surface area contributed by atoms with Crippen molar-refractivity contribution in [1.82, 2.24) is 0 Å². The van der Waals surface area contributed by atoms with Gasteiger partial charge in [-0.3, -0.25) is 0 Å². The van der Waals surface area contributed by atoms with Crippen LogP contribution >= 0.6 is 0 Å². The van der Waals surface area contributed by atoms with Gasteiger partial charge in [0.05, 0.1) is 11.7 Å². The van der Waals surface area contributed by atoms with E-state index in [0.717, 1.165) is 0 Å². The summed E-state index contributed by atoms with van der Waals surface area (Å²) < 4.78 is 40.7. The van der Waals surface area contributed by atoms with Gasteiger partial charge in [-0.05, 0) is 27.2 Å². The minimum atomic E-state index is -4.22. The van der Waals surface area contributed by atoms with E-state index in [-0.39, 0.29) is 6.42 Å². The second-order valence-electron chi connectivity index (χ2n) is 3.71. The third-order valence-corrected chi connectivity index (χ3v) is 2.02. The Kier molecular flexibility index (Phi) is 4.88. The van der Waals surface area contributed by atoms with Crippen LogP contribution in [0.3, 0.4) is 0 Å². The smallest absolute Gasteiger partial charge is 0.389 e. The van der Waals surface area contributed by atoms with Crippen LogP contribution in [0.15, 0.2) is 0 Å². The van der Waals surface area contributed by atoms with Crippen LogP contribution < -0.4 is 0 Å². The molecule has 0 aromatic rings. The molecule has 1 N–H and O–H groups in total. The normalized spacial score (nSPS) is 15.6. The van der Waals surface area contributed by atoms with Crippen LogP contribution in [-0.2, 0) is 4.74 Å². The molecule has 0 aliphatic heterocycles. The van der Waals surface area contributed by atoms with Crippen molar-refractivity contribution in [3.8, 4) is 0 Å². The van der Waals surface area contributed by atoms with Gasteiger partial charge in [0, 0.05) is 13.0 Å². The molecule has 0 saturated heterocycles. The van der Waals surface area contributed by atoms with Crippen molar-refractivity contribution in [3.05, 3.63) is 0 Å². The Morgan fingerprint density at radius 3 is 2.14 bits per heavy atom. The number of alkyl halides is 3. The molecule has 86 valence electrons. The average Bonchev–Trinajstić information content (AvgIpc) is 1.98. The molecule has 0 aliphatic carbocycles.